The van der Waals surface area contributed by atoms with Gasteiger partial charge in [-0.1, -0.05) is 25.1 Å². The van der Waals surface area contributed by atoms with Gasteiger partial charge in [0.25, 0.3) is 0 Å². The summed E-state index contributed by atoms with van der Waals surface area (Å²) in [6.07, 6.45) is -0.0461. The van der Waals surface area contributed by atoms with Crippen LogP contribution in [0.25, 0.3) is 11.1 Å². The smallest absolute Gasteiger partial charge is 0.304 e. The number of rotatable bonds is 6. The van der Waals surface area contributed by atoms with Gasteiger partial charge in [0.2, 0.25) is 0 Å². The van der Waals surface area contributed by atoms with Crippen molar-refractivity contribution in [1.82, 2.24) is 9.88 Å². The number of hydrogen-bond donors (Lipinski definition) is 2. The van der Waals surface area contributed by atoms with Crippen LogP contribution in [0, 0.1) is 11.3 Å². The highest BCUT2D eigenvalue weighted by Gasteiger charge is 2.18. The van der Waals surface area contributed by atoms with Gasteiger partial charge < -0.3 is 15.7 Å². The number of nitrogen functional groups attached to an aromatic ring is 1. The number of carbonyl (C=O) groups is 1. The molecule has 3 N–H and O–H groups in total. The maximum atomic E-state index is 11.0. The van der Waals surface area contributed by atoms with Crippen LogP contribution in [-0.4, -0.2) is 35.1 Å². The van der Waals surface area contributed by atoms with Crippen LogP contribution in [0.5, 0.6) is 0 Å². The van der Waals surface area contributed by atoms with Crippen molar-refractivity contribution < 1.29 is 9.90 Å². The Morgan fingerprint density at radius 2 is 2.04 bits per heavy atom. The number of aromatic nitrogens is 1. The number of nitrogens with zero attached hydrogens (tertiary/aromatic N) is 3. The van der Waals surface area contributed by atoms with E-state index in [4.69, 9.17) is 10.8 Å². The number of nitrogens with two attached hydrogens (primary N) is 1. The van der Waals surface area contributed by atoms with Crippen LogP contribution in [0.2, 0.25) is 0 Å². The molecule has 0 spiro atoms. The molecule has 26 heavy (non-hydrogen) atoms. The highest BCUT2D eigenvalue weighted by atomic mass is 16.4. The summed E-state index contributed by atoms with van der Waals surface area (Å²) in [5.74, 6) is -1.07. The Hall–Kier alpha value is -2.91. The number of anilines is 1. The van der Waals surface area contributed by atoms with Gasteiger partial charge in [-0.25, -0.2) is 4.98 Å². The average molecular weight is 352 g/mol. The topological polar surface area (TPSA) is 103 Å². The van der Waals surface area contributed by atoms with Gasteiger partial charge in [-0.2, -0.15) is 5.26 Å². The Bertz CT molecular complexity index is 855. The molecule has 136 valence electrons. The second-order valence-electron chi connectivity index (χ2n) is 6.73. The number of benzene rings is 1. The van der Waals surface area contributed by atoms with Gasteiger partial charge in [0.1, 0.15) is 17.5 Å². The van der Waals surface area contributed by atoms with E-state index in [1.807, 2.05) is 38.4 Å². The summed E-state index contributed by atoms with van der Waals surface area (Å²) in [6.45, 7) is 3.89. The van der Waals surface area contributed by atoms with Gasteiger partial charge in [0, 0.05) is 23.2 Å². The quantitative estimate of drug-likeness (QED) is 0.826. The van der Waals surface area contributed by atoms with Crippen LogP contribution in [0.4, 0.5) is 5.82 Å². The second-order valence-corrected chi connectivity index (χ2v) is 6.73. The van der Waals surface area contributed by atoms with Crippen molar-refractivity contribution in [2.75, 3.05) is 19.8 Å². The van der Waals surface area contributed by atoms with E-state index < -0.39 is 5.97 Å². The van der Waals surface area contributed by atoms with Crippen LogP contribution in [-0.2, 0) is 4.79 Å². The van der Waals surface area contributed by atoms with Crippen LogP contribution >= 0.6 is 0 Å². The van der Waals surface area contributed by atoms with E-state index in [0.29, 0.717) is 16.8 Å². The van der Waals surface area contributed by atoms with Gasteiger partial charge in [0.15, 0.2) is 0 Å². The van der Waals surface area contributed by atoms with Crippen molar-refractivity contribution in [3.63, 3.8) is 0 Å². The molecular formula is C20H24N4O2. The third-order valence-electron chi connectivity index (χ3n) is 4.62. The summed E-state index contributed by atoms with van der Waals surface area (Å²) in [4.78, 5) is 17.4. The van der Waals surface area contributed by atoms with Crippen molar-refractivity contribution in [3.05, 3.63) is 47.2 Å². The Morgan fingerprint density at radius 1 is 1.35 bits per heavy atom. The lowest BCUT2D eigenvalue weighted by molar-refractivity contribution is -0.137. The Balaban J connectivity index is 2.58. The van der Waals surface area contributed by atoms with Gasteiger partial charge in [-0.15, -0.1) is 0 Å². The molecule has 0 fully saturated rings. The van der Waals surface area contributed by atoms with Crippen molar-refractivity contribution >= 4 is 11.8 Å². The summed E-state index contributed by atoms with van der Waals surface area (Å²) in [6, 6.07) is 12.1. The highest BCUT2D eigenvalue weighted by molar-refractivity contribution is 5.76. The number of carboxylic acid groups (broad SMARTS) is 1. The molecule has 0 aliphatic rings. The molecule has 2 unspecified atom stereocenters. The maximum Gasteiger partial charge on any atom is 0.304 e. The fourth-order valence-electron chi connectivity index (χ4n) is 2.81. The monoisotopic (exact) mass is 352 g/mol. The van der Waals surface area contributed by atoms with Gasteiger partial charge >= 0.3 is 5.97 Å². The molecule has 0 bridgehead atoms. The third-order valence-corrected chi connectivity index (χ3v) is 4.62. The first-order valence-electron chi connectivity index (χ1n) is 8.43. The Morgan fingerprint density at radius 3 is 2.62 bits per heavy atom. The van der Waals surface area contributed by atoms with E-state index in [1.54, 1.807) is 13.0 Å². The molecule has 1 aromatic heterocycles. The van der Waals surface area contributed by atoms with E-state index in [9.17, 15) is 10.1 Å². The standard InChI is InChI=1S/C20H24N4O2/c1-12(8-19(25)26)18-10-16(17(11-21)20(22)23-18)15-7-5-6-14(9-15)13(2)24(3)4/h5-7,9-10,12-13H,8H2,1-4H3,(H2,22,23)(H,25,26). The molecule has 0 saturated carbocycles. The third kappa shape index (κ3) is 4.19. The SMILES string of the molecule is CC(CC(=O)O)c1cc(-c2cccc(C(C)N(C)C)c2)c(C#N)c(N)n1. The summed E-state index contributed by atoms with van der Waals surface area (Å²) in [5, 5.41) is 18.6. The van der Waals surface area contributed by atoms with Crippen LogP contribution in [0.1, 0.15) is 49.0 Å². The minimum absolute atomic E-state index is 0.0461. The molecule has 2 aromatic rings. The van der Waals surface area contributed by atoms with E-state index in [-0.39, 0.29) is 24.2 Å². The van der Waals surface area contributed by atoms with Crippen LogP contribution in [0.15, 0.2) is 30.3 Å². The van der Waals surface area contributed by atoms with Gasteiger partial charge in [-0.05, 0) is 44.3 Å². The zero-order chi connectivity index (χ0) is 19.4. The Labute approximate surface area is 153 Å². The van der Waals surface area contributed by atoms with Crippen molar-refractivity contribution in [2.24, 2.45) is 0 Å². The van der Waals surface area contributed by atoms with Crippen molar-refractivity contribution in [3.8, 4) is 17.2 Å². The van der Waals surface area contributed by atoms with E-state index in [2.05, 4.69) is 22.9 Å². The molecule has 1 heterocycles. The molecule has 1 aromatic carbocycles. The second kappa shape index (κ2) is 7.98. The van der Waals surface area contributed by atoms with Crippen molar-refractivity contribution in [1.29, 1.82) is 5.26 Å². The lowest BCUT2D eigenvalue weighted by atomic mass is 9.94. The highest BCUT2D eigenvalue weighted by Crippen LogP contribution is 2.32. The minimum atomic E-state index is -0.898. The fourth-order valence-corrected chi connectivity index (χ4v) is 2.81. The minimum Gasteiger partial charge on any atom is -0.481 e. The van der Waals surface area contributed by atoms with E-state index >= 15 is 0 Å². The zero-order valence-corrected chi connectivity index (χ0v) is 15.5. The lowest BCUT2D eigenvalue weighted by Gasteiger charge is -2.21. The fraction of sp³-hybridized carbons (Fsp3) is 0.350. The molecule has 2 atom stereocenters. The van der Waals surface area contributed by atoms with E-state index in [0.717, 1.165) is 11.1 Å². The molecule has 0 aliphatic carbocycles. The maximum absolute atomic E-state index is 11.0. The zero-order valence-electron chi connectivity index (χ0n) is 15.5. The van der Waals surface area contributed by atoms with E-state index in [1.165, 1.54) is 0 Å². The first-order valence-corrected chi connectivity index (χ1v) is 8.43. The summed E-state index contributed by atoms with van der Waals surface area (Å²) >= 11 is 0. The molecular weight excluding hydrogens is 328 g/mol. The summed E-state index contributed by atoms with van der Waals surface area (Å²) in [7, 11) is 4.02. The predicted octanol–water partition coefficient (Wildman–Crippen LogP) is 3.40. The number of hydrogen-bond acceptors (Lipinski definition) is 5. The number of pyridine rings is 1. The van der Waals surface area contributed by atoms with Crippen LogP contribution < -0.4 is 5.73 Å². The predicted molar refractivity (Wildman–Crippen MR) is 102 cm³/mol. The number of nitriles is 1. The van der Waals surface area contributed by atoms with Crippen molar-refractivity contribution in [2.45, 2.75) is 32.2 Å². The largest absolute Gasteiger partial charge is 0.481 e. The Kier molecular flexibility index (Phi) is 5.96. The molecule has 6 heteroatoms. The summed E-state index contributed by atoms with van der Waals surface area (Å²) in [5.41, 5.74) is 9.54. The normalized spacial score (nSPS) is 13.2. The molecule has 6 nitrogen and oxygen atoms in total. The molecule has 0 amide bonds. The number of aliphatic carboxylic acids is 1. The first kappa shape index (κ1) is 19.4. The van der Waals surface area contributed by atoms with Gasteiger partial charge in [-0.3, -0.25) is 4.79 Å². The molecule has 0 saturated heterocycles. The molecule has 2 rings (SSSR count). The molecule has 0 radical (unpaired) electrons. The number of carboxylic acids is 1. The summed E-state index contributed by atoms with van der Waals surface area (Å²) < 4.78 is 0. The lowest BCUT2D eigenvalue weighted by Crippen LogP contribution is -2.16. The molecule has 0 aliphatic heterocycles. The van der Waals surface area contributed by atoms with Crippen LogP contribution in [0.3, 0.4) is 0 Å². The average Bonchev–Trinajstić information content (AvgIpc) is 2.59. The first-order chi connectivity index (χ1) is 12.2. The van der Waals surface area contributed by atoms with Gasteiger partial charge in [0.05, 0.1) is 6.42 Å².